The zero-order valence-corrected chi connectivity index (χ0v) is 9.33. The molecule has 2 fully saturated rings. The van der Waals surface area contributed by atoms with E-state index < -0.39 is 0 Å². The minimum atomic E-state index is 0.117. The summed E-state index contributed by atoms with van der Waals surface area (Å²) < 4.78 is 5.33. The number of rotatable bonds is 3. The topological polar surface area (TPSA) is 38.5 Å². The maximum Gasteiger partial charge on any atom is 0.0594 e. The first-order valence-corrected chi connectivity index (χ1v) is 5.71. The van der Waals surface area contributed by atoms with E-state index in [1.165, 1.54) is 6.42 Å². The number of hydrogen-bond donors (Lipinski definition) is 1. The van der Waals surface area contributed by atoms with Crippen molar-refractivity contribution < 1.29 is 4.74 Å². The summed E-state index contributed by atoms with van der Waals surface area (Å²) in [6, 6.07) is 0. The van der Waals surface area contributed by atoms with Crippen molar-refractivity contribution in [2.24, 2.45) is 17.6 Å². The summed E-state index contributed by atoms with van der Waals surface area (Å²) in [5.74, 6) is 1.48. The first-order valence-electron chi connectivity index (χ1n) is 5.71. The number of ether oxygens (including phenoxy) is 1. The fourth-order valence-electron chi connectivity index (χ4n) is 2.61. The standard InChI is InChI=1S/C11H22N2O/c1-9(2)10-7-11(10,12)8-13-3-5-14-6-4-13/h9-10H,3-8,12H2,1-2H3. The third kappa shape index (κ3) is 2.10. The van der Waals surface area contributed by atoms with Crippen LogP contribution in [0.5, 0.6) is 0 Å². The summed E-state index contributed by atoms with van der Waals surface area (Å²) in [4.78, 5) is 2.45. The van der Waals surface area contributed by atoms with Gasteiger partial charge in [0.2, 0.25) is 0 Å². The molecule has 14 heavy (non-hydrogen) atoms. The molecule has 0 bridgehead atoms. The van der Waals surface area contributed by atoms with E-state index in [2.05, 4.69) is 18.7 Å². The molecule has 3 heteroatoms. The predicted octanol–water partition coefficient (Wildman–Crippen LogP) is 0.692. The highest BCUT2D eigenvalue weighted by Gasteiger charge is 2.52. The van der Waals surface area contributed by atoms with Crippen LogP contribution in [0.3, 0.4) is 0 Å². The lowest BCUT2D eigenvalue weighted by atomic mass is 10.0. The van der Waals surface area contributed by atoms with Crippen LogP contribution in [0.25, 0.3) is 0 Å². The Bertz CT molecular complexity index is 201. The maximum atomic E-state index is 6.34. The first-order chi connectivity index (χ1) is 6.62. The number of nitrogens with two attached hydrogens (primary N) is 1. The molecule has 0 amide bonds. The van der Waals surface area contributed by atoms with Gasteiger partial charge in [-0.05, 0) is 18.3 Å². The summed E-state index contributed by atoms with van der Waals surface area (Å²) >= 11 is 0. The summed E-state index contributed by atoms with van der Waals surface area (Å²) in [5.41, 5.74) is 6.46. The molecule has 0 radical (unpaired) electrons. The Morgan fingerprint density at radius 1 is 1.43 bits per heavy atom. The Labute approximate surface area is 86.6 Å². The molecule has 82 valence electrons. The van der Waals surface area contributed by atoms with Crippen molar-refractivity contribution >= 4 is 0 Å². The van der Waals surface area contributed by atoms with Gasteiger partial charge < -0.3 is 10.5 Å². The summed E-state index contributed by atoms with van der Waals surface area (Å²) in [6.07, 6.45) is 1.21. The molecule has 2 aliphatic rings. The van der Waals surface area contributed by atoms with Gasteiger partial charge in [0.25, 0.3) is 0 Å². The third-order valence-corrected chi connectivity index (χ3v) is 3.60. The Kier molecular flexibility index (Phi) is 2.82. The van der Waals surface area contributed by atoms with Crippen molar-refractivity contribution in [1.82, 2.24) is 4.90 Å². The average molecular weight is 198 g/mol. The van der Waals surface area contributed by atoms with Crippen LogP contribution >= 0.6 is 0 Å². The Morgan fingerprint density at radius 2 is 2.07 bits per heavy atom. The lowest BCUT2D eigenvalue weighted by Gasteiger charge is -2.29. The molecule has 0 aromatic heterocycles. The van der Waals surface area contributed by atoms with Crippen LogP contribution in [0, 0.1) is 11.8 Å². The van der Waals surface area contributed by atoms with Gasteiger partial charge in [0.1, 0.15) is 0 Å². The Morgan fingerprint density at radius 3 is 2.57 bits per heavy atom. The second-order valence-electron chi connectivity index (χ2n) is 5.18. The van der Waals surface area contributed by atoms with Crippen LogP contribution < -0.4 is 5.73 Å². The molecule has 1 saturated carbocycles. The largest absolute Gasteiger partial charge is 0.379 e. The van der Waals surface area contributed by atoms with Crippen molar-refractivity contribution in [3.05, 3.63) is 0 Å². The highest BCUT2D eigenvalue weighted by atomic mass is 16.5. The van der Waals surface area contributed by atoms with Crippen LogP contribution in [0.15, 0.2) is 0 Å². The Balaban J connectivity index is 1.80. The molecule has 2 unspecified atom stereocenters. The molecule has 1 heterocycles. The molecular formula is C11H22N2O. The van der Waals surface area contributed by atoms with Gasteiger partial charge in [-0.25, -0.2) is 0 Å². The monoisotopic (exact) mass is 198 g/mol. The molecule has 2 rings (SSSR count). The fourth-order valence-corrected chi connectivity index (χ4v) is 2.61. The quantitative estimate of drug-likeness (QED) is 0.725. The smallest absolute Gasteiger partial charge is 0.0594 e. The van der Waals surface area contributed by atoms with Crippen molar-refractivity contribution in [3.63, 3.8) is 0 Å². The van der Waals surface area contributed by atoms with Crippen molar-refractivity contribution in [1.29, 1.82) is 0 Å². The molecule has 2 N–H and O–H groups in total. The fraction of sp³-hybridized carbons (Fsp3) is 1.00. The van der Waals surface area contributed by atoms with Crippen LogP contribution in [-0.2, 0) is 4.74 Å². The van der Waals surface area contributed by atoms with Crippen LogP contribution in [0.2, 0.25) is 0 Å². The van der Waals surface area contributed by atoms with E-state index in [9.17, 15) is 0 Å². The van der Waals surface area contributed by atoms with E-state index in [0.29, 0.717) is 0 Å². The lowest BCUT2D eigenvalue weighted by Crippen LogP contribution is -2.46. The molecule has 1 saturated heterocycles. The second kappa shape index (κ2) is 3.80. The van der Waals surface area contributed by atoms with Crippen LogP contribution in [0.1, 0.15) is 20.3 Å². The maximum absolute atomic E-state index is 6.34. The van der Waals surface area contributed by atoms with E-state index in [0.717, 1.165) is 44.7 Å². The molecule has 3 nitrogen and oxygen atoms in total. The van der Waals surface area contributed by atoms with Gasteiger partial charge in [0, 0.05) is 25.2 Å². The minimum absolute atomic E-state index is 0.117. The predicted molar refractivity (Wildman–Crippen MR) is 57.1 cm³/mol. The van der Waals surface area contributed by atoms with Crippen molar-refractivity contribution in [2.75, 3.05) is 32.8 Å². The number of hydrogen-bond acceptors (Lipinski definition) is 3. The van der Waals surface area contributed by atoms with Gasteiger partial charge in [-0.3, -0.25) is 4.90 Å². The molecule has 0 aromatic rings. The zero-order valence-electron chi connectivity index (χ0n) is 9.33. The molecule has 0 aromatic carbocycles. The molecule has 0 spiro atoms. The van der Waals surface area contributed by atoms with Gasteiger partial charge >= 0.3 is 0 Å². The van der Waals surface area contributed by atoms with E-state index in [1.54, 1.807) is 0 Å². The third-order valence-electron chi connectivity index (χ3n) is 3.60. The lowest BCUT2D eigenvalue weighted by molar-refractivity contribution is 0.0328. The van der Waals surface area contributed by atoms with Crippen LogP contribution in [-0.4, -0.2) is 43.3 Å². The number of morpholine rings is 1. The van der Waals surface area contributed by atoms with E-state index in [-0.39, 0.29) is 5.54 Å². The van der Waals surface area contributed by atoms with Gasteiger partial charge in [-0.15, -0.1) is 0 Å². The van der Waals surface area contributed by atoms with Crippen molar-refractivity contribution in [2.45, 2.75) is 25.8 Å². The molecule has 2 atom stereocenters. The molecular weight excluding hydrogens is 176 g/mol. The van der Waals surface area contributed by atoms with E-state index in [4.69, 9.17) is 10.5 Å². The van der Waals surface area contributed by atoms with E-state index >= 15 is 0 Å². The zero-order chi connectivity index (χ0) is 10.2. The first kappa shape index (κ1) is 10.4. The normalized spacial score (nSPS) is 39.0. The SMILES string of the molecule is CC(C)C1CC1(N)CN1CCOCC1. The summed E-state index contributed by atoms with van der Waals surface area (Å²) in [6.45, 7) is 9.49. The van der Waals surface area contributed by atoms with Gasteiger partial charge in [-0.1, -0.05) is 13.8 Å². The Hall–Kier alpha value is -0.120. The van der Waals surface area contributed by atoms with Crippen molar-refractivity contribution in [3.8, 4) is 0 Å². The van der Waals surface area contributed by atoms with Gasteiger partial charge in [-0.2, -0.15) is 0 Å². The summed E-state index contributed by atoms with van der Waals surface area (Å²) in [7, 11) is 0. The molecule has 1 aliphatic heterocycles. The van der Waals surface area contributed by atoms with Gasteiger partial charge in [0.15, 0.2) is 0 Å². The second-order valence-corrected chi connectivity index (χ2v) is 5.18. The average Bonchev–Trinajstić information content (AvgIpc) is 2.79. The van der Waals surface area contributed by atoms with E-state index in [1.807, 2.05) is 0 Å². The highest BCUT2D eigenvalue weighted by molar-refractivity contribution is 5.10. The van der Waals surface area contributed by atoms with Crippen LogP contribution in [0.4, 0.5) is 0 Å². The minimum Gasteiger partial charge on any atom is -0.379 e. The summed E-state index contributed by atoms with van der Waals surface area (Å²) in [5, 5.41) is 0. The molecule has 1 aliphatic carbocycles. The number of nitrogens with zero attached hydrogens (tertiary/aromatic N) is 1. The van der Waals surface area contributed by atoms with Gasteiger partial charge in [0.05, 0.1) is 13.2 Å². The highest BCUT2D eigenvalue weighted by Crippen LogP contribution is 2.46.